The Balaban J connectivity index is 1.65. The molecule has 0 bridgehead atoms. The minimum Gasteiger partial charge on any atom is -0.486 e. The molecule has 3 rings (SSSR count). The van der Waals surface area contributed by atoms with Crippen molar-refractivity contribution in [2.75, 3.05) is 24.7 Å². The van der Waals surface area contributed by atoms with Crippen LogP contribution in [0, 0.1) is 0 Å². The number of ether oxygens (including phenoxy) is 2. The fraction of sp³-hybridized carbons (Fsp3) is 0.533. The first-order valence-corrected chi connectivity index (χ1v) is 9.07. The molecule has 1 N–H and O–H groups in total. The van der Waals surface area contributed by atoms with E-state index < -0.39 is 15.4 Å². The second-order valence-electron chi connectivity index (χ2n) is 6.11. The second-order valence-corrected chi connectivity index (χ2v) is 8.29. The predicted molar refractivity (Wildman–Crippen MR) is 81.0 cm³/mol. The average Bonchev–Trinajstić information content (AvgIpc) is 2.72. The molecule has 2 aliphatic rings. The van der Waals surface area contributed by atoms with E-state index in [1.54, 1.807) is 19.1 Å². The summed E-state index contributed by atoms with van der Waals surface area (Å²) in [5, 5.41) is 2.85. The zero-order valence-electron chi connectivity index (χ0n) is 12.4. The van der Waals surface area contributed by atoms with Crippen LogP contribution >= 0.6 is 0 Å². The Bertz CT molecular complexity index is 700. The lowest BCUT2D eigenvalue weighted by Gasteiger charge is -2.24. The first-order valence-electron chi connectivity index (χ1n) is 7.25. The number of carbonyl (C=O) groups is 1. The van der Waals surface area contributed by atoms with Crippen LogP contribution in [0.1, 0.15) is 18.9 Å². The van der Waals surface area contributed by atoms with Crippen molar-refractivity contribution < 1.29 is 22.7 Å². The van der Waals surface area contributed by atoms with Gasteiger partial charge in [-0.15, -0.1) is 0 Å². The molecule has 0 aromatic heterocycles. The van der Waals surface area contributed by atoms with Crippen LogP contribution in [0.15, 0.2) is 18.2 Å². The van der Waals surface area contributed by atoms with Crippen LogP contribution in [-0.4, -0.2) is 44.6 Å². The Labute approximate surface area is 129 Å². The summed E-state index contributed by atoms with van der Waals surface area (Å²) in [7, 11) is -3.04. The van der Waals surface area contributed by atoms with Gasteiger partial charge in [-0.25, -0.2) is 8.42 Å². The topological polar surface area (TPSA) is 81.7 Å². The number of sulfone groups is 1. The summed E-state index contributed by atoms with van der Waals surface area (Å²) in [5.41, 5.74) is 0.148. The highest BCUT2D eigenvalue weighted by molar-refractivity contribution is 7.91. The molecule has 0 aliphatic carbocycles. The van der Waals surface area contributed by atoms with E-state index in [0.717, 1.165) is 5.56 Å². The number of hydrogen-bond acceptors (Lipinski definition) is 5. The molecular weight excluding hydrogens is 306 g/mol. The average molecular weight is 325 g/mol. The Morgan fingerprint density at radius 1 is 1.27 bits per heavy atom. The quantitative estimate of drug-likeness (QED) is 0.884. The predicted octanol–water partition coefficient (Wildman–Crippen LogP) is 0.694. The molecular formula is C15H19NO5S. The van der Waals surface area contributed by atoms with E-state index in [1.165, 1.54) is 0 Å². The van der Waals surface area contributed by atoms with Crippen LogP contribution in [0.2, 0.25) is 0 Å². The van der Waals surface area contributed by atoms with E-state index in [1.807, 2.05) is 6.07 Å². The third kappa shape index (κ3) is 3.35. The molecule has 1 saturated heterocycles. The SMILES string of the molecule is CC1(NC(=O)Cc2ccc3c(c2)OCCO3)CCS(=O)(=O)C1. The van der Waals surface area contributed by atoms with Gasteiger partial charge in [0, 0.05) is 0 Å². The molecule has 1 fully saturated rings. The number of benzene rings is 1. The first-order chi connectivity index (χ1) is 10.4. The zero-order chi connectivity index (χ0) is 15.8. The van der Waals surface area contributed by atoms with Crippen LogP contribution in [0.25, 0.3) is 0 Å². The largest absolute Gasteiger partial charge is 0.486 e. The molecule has 1 aromatic rings. The minimum absolute atomic E-state index is 0.00682. The normalized spacial score (nSPS) is 25.7. The van der Waals surface area contributed by atoms with Gasteiger partial charge in [-0.2, -0.15) is 0 Å². The molecule has 1 aromatic carbocycles. The van der Waals surface area contributed by atoms with Gasteiger partial charge in [-0.05, 0) is 31.0 Å². The molecule has 2 aliphatic heterocycles. The lowest BCUT2D eigenvalue weighted by molar-refractivity contribution is -0.121. The molecule has 0 spiro atoms. The van der Waals surface area contributed by atoms with E-state index in [4.69, 9.17) is 9.47 Å². The van der Waals surface area contributed by atoms with Crippen LogP contribution in [-0.2, 0) is 21.1 Å². The summed E-state index contributed by atoms with van der Waals surface area (Å²) in [6.45, 7) is 2.80. The van der Waals surface area contributed by atoms with E-state index in [9.17, 15) is 13.2 Å². The van der Waals surface area contributed by atoms with Crippen molar-refractivity contribution in [2.24, 2.45) is 0 Å². The Morgan fingerprint density at radius 2 is 2.00 bits per heavy atom. The van der Waals surface area contributed by atoms with Crippen LogP contribution < -0.4 is 14.8 Å². The van der Waals surface area contributed by atoms with Gasteiger partial charge in [0.1, 0.15) is 13.2 Å². The monoisotopic (exact) mass is 325 g/mol. The van der Waals surface area contributed by atoms with Crippen LogP contribution in [0.5, 0.6) is 11.5 Å². The molecule has 6 nitrogen and oxygen atoms in total. The van der Waals surface area contributed by atoms with Gasteiger partial charge < -0.3 is 14.8 Å². The fourth-order valence-electron chi connectivity index (χ4n) is 2.87. The first kappa shape index (κ1) is 15.1. The number of rotatable bonds is 3. The van der Waals surface area contributed by atoms with Gasteiger partial charge in [0.2, 0.25) is 5.91 Å². The number of fused-ring (bicyclic) bond motifs is 1. The maximum atomic E-state index is 12.2. The highest BCUT2D eigenvalue weighted by Gasteiger charge is 2.39. The standard InChI is InChI=1S/C15H19NO5S/c1-15(4-7-22(18,19)10-15)16-14(17)9-11-2-3-12-13(8-11)21-6-5-20-12/h2-3,8H,4-7,9-10H2,1H3,(H,16,17). The van der Waals surface area contributed by atoms with E-state index in [0.29, 0.717) is 31.1 Å². The van der Waals surface area contributed by atoms with Crippen molar-refractivity contribution in [3.8, 4) is 11.5 Å². The Kier molecular flexibility index (Phi) is 3.76. The smallest absolute Gasteiger partial charge is 0.224 e. The van der Waals surface area contributed by atoms with Crippen molar-refractivity contribution in [1.82, 2.24) is 5.32 Å². The van der Waals surface area contributed by atoms with E-state index >= 15 is 0 Å². The van der Waals surface area contributed by atoms with Gasteiger partial charge in [0.15, 0.2) is 21.3 Å². The Morgan fingerprint density at radius 3 is 2.68 bits per heavy atom. The molecule has 7 heteroatoms. The number of nitrogens with one attached hydrogen (secondary N) is 1. The zero-order valence-corrected chi connectivity index (χ0v) is 13.2. The third-order valence-corrected chi connectivity index (χ3v) is 5.82. The van der Waals surface area contributed by atoms with Gasteiger partial charge in [0.25, 0.3) is 0 Å². The number of hydrogen-bond donors (Lipinski definition) is 1. The molecule has 0 radical (unpaired) electrons. The molecule has 1 unspecified atom stereocenters. The lowest BCUT2D eigenvalue weighted by Crippen LogP contribution is -2.47. The minimum atomic E-state index is -3.04. The van der Waals surface area contributed by atoms with Crippen molar-refractivity contribution in [3.63, 3.8) is 0 Å². The number of carbonyl (C=O) groups excluding carboxylic acids is 1. The van der Waals surface area contributed by atoms with Gasteiger partial charge >= 0.3 is 0 Å². The summed E-state index contributed by atoms with van der Waals surface area (Å²) < 4.78 is 34.1. The summed E-state index contributed by atoms with van der Waals surface area (Å²) in [5.74, 6) is 1.28. The van der Waals surface area contributed by atoms with Crippen molar-refractivity contribution in [3.05, 3.63) is 23.8 Å². The maximum Gasteiger partial charge on any atom is 0.224 e. The van der Waals surface area contributed by atoms with Crippen LogP contribution in [0.3, 0.4) is 0 Å². The second kappa shape index (κ2) is 5.46. The van der Waals surface area contributed by atoms with E-state index in [2.05, 4.69) is 5.32 Å². The molecule has 22 heavy (non-hydrogen) atoms. The highest BCUT2D eigenvalue weighted by atomic mass is 32.2. The summed E-state index contributed by atoms with van der Waals surface area (Å²) >= 11 is 0. The van der Waals surface area contributed by atoms with Crippen LogP contribution in [0.4, 0.5) is 0 Å². The summed E-state index contributed by atoms with van der Waals surface area (Å²) in [4.78, 5) is 12.2. The molecule has 120 valence electrons. The summed E-state index contributed by atoms with van der Waals surface area (Å²) in [6.07, 6.45) is 0.647. The maximum absolute atomic E-state index is 12.2. The van der Waals surface area contributed by atoms with Gasteiger partial charge in [-0.3, -0.25) is 4.79 Å². The molecule has 2 heterocycles. The summed E-state index contributed by atoms with van der Waals surface area (Å²) in [6, 6.07) is 5.40. The molecule has 1 amide bonds. The van der Waals surface area contributed by atoms with Gasteiger partial charge in [-0.1, -0.05) is 6.07 Å². The number of amides is 1. The van der Waals surface area contributed by atoms with Crippen molar-refractivity contribution in [1.29, 1.82) is 0 Å². The fourth-order valence-corrected chi connectivity index (χ4v) is 4.97. The van der Waals surface area contributed by atoms with Crippen molar-refractivity contribution in [2.45, 2.75) is 25.3 Å². The lowest BCUT2D eigenvalue weighted by atomic mass is 10.0. The highest BCUT2D eigenvalue weighted by Crippen LogP contribution is 2.31. The molecule has 0 saturated carbocycles. The van der Waals surface area contributed by atoms with Crippen molar-refractivity contribution >= 4 is 15.7 Å². The van der Waals surface area contributed by atoms with E-state index in [-0.39, 0.29) is 23.8 Å². The van der Waals surface area contributed by atoms with Gasteiger partial charge in [0.05, 0.1) is 23.5 Å². The molecule has 1 atom stereocenters. The third-order valence-electron chi connectivity index (χ3n) is 3.92. The Hall–Kier alpha value is -1.76.